The Morgan fingerprint density at radius 2 is 2.06 bits per heavy atom. The molecule has 0 bridgehead atoms. The molecule has 1 aromatic rings. The maximum Gasteiger partial charge on any atom is 0.253 e. The Hall–Kier alpha value is -1.06. The predicted molar refractivity (Wildman–Crippen MR) is 76.2 cm³/mol. The van der Waals surface area contributed by atoms with Gasteiger partial charge in [-0.2, -0.15) is 0 Å². The molecule has 3 nitrogen and oxygen atoms in total. The molecule has 1 fully saturated rings. The fourth-order valence-electron chi connectivity index (χ4n) is 2.26. The van der Waals surface area contributed by atoms with Gasteiger partial charge in [0.25, 0.3) is 5.91 Å². The van der Waals surface area contributed by atoms with Gasteiger partial charge in [0, 0.05) is 24.7 Å². The zero-order valence-corrected chi connectivity index (χ0v) is 11.6. The first kappa shape index (κ1) is 15.0. The summed E-state index contributed by atoms with van der Waals surface area (Å²) in [6, 6.07) is 8.03. The standard InChI is InChI=1S/C14H20N2O.ClH/c1-2-11-5-7-12(8-6-11)14(17)16-9-3-4-13(15)10-16;/h5-8,13H,2-4,9-10,15H2,1H3;1H/t13-;/m1./s1. The Labute approximate surface area is 115 Å². The van der Waals surface area contributed by atoms with Crippen molar-refractivity contribution in [2.45, 2.75) is 32.2 Å². The Balaban J connectivity index is 0.00000162. The van der Waals surface area contributed by atoms with Gasteiger partial charge < -0.3 is 10.6 Å². The van der Waals surface area contributed by atoms with Crippen molar-refractivity contribution in [2.24, 2.45) is 5.73 Å². The summed E-state index contributed by atoms with van der Waals surface area (Å²) in [6.07, 6.45) is 3.04. The molecule has 100 valence electrons. The van der Waals surface area contributed by atoms with Gasteiger partial charge in [-0.15, -0.1) is 12.4 Å². The minimum atomic E-state index is 0. The first-order valence-electron chi connectivity index (χ1n) is 6.34. The van der Waals surface area contributed by atoms with Gasteiger partial charge in [-0.05, 0) is 37.0 Å². The molecule has 2 rings (SSSR count). The Bertz CT molecular complexity index is 391. The summed E-state index contributed by atoms with van der Waals surface area (Å²) in [4.78, 5) is 14.1. The average Bonchev–Trinajstić information content (AvgIpc) is 2.38. The van der Waals surface area contributed by atoms with Gasteiger partial charge in [0.2, 0.25) is 0 Å². The van der Waals surface area contributed by atoms with Gasteiger partial charge in [-0.25, -0.2) is 0 Å². The SMILES string of the molecule is CCc1ccc(C(=O)N2CCC[C@@H](N)C2)cc1.Cl. The molecule has 0 aromatic heterocycles. The van der Waals surface area contributed by atoms with Crippen molar-refractivity contribution in [3.8, 4) is 0 Å². The number of benzene rings is 1. The summed E-state index contributed by atoms with van der Waals surface area (Å²) in [5.41, 5.74) is 7.93. The summed E-state index contributed by atoms with van der Waals surface area (Å²) in [5, 5.41) is 0. The number of nitrogens with two attached hydrogens (primary N) is 1. The van der Waals surface area contributed by atoms with E-state index in [-0.39, 0.29) is 24.4 Å². The second-order valence-corrected chi connectivity index (χ2v) is 4.70. The summed E-state index contributed by atoms with van der Waals surface area (Å²) >= 11 is 0. The molecule has 1 heterocycles. The number of aryl methyl sites for hydroxylation is 1. The van der Waals surface area contributed by atoms with E-state index in [1.807, 2.05) is 29.2 Å². The van der Waals surface area contributed by atoms with Gasteiger partial charge in [-0.3, -0.25) is 4.79 Å². The van der Waals surface area contributed by atoms with Crippen molar-refractivity contribution in [1.82, 2.24) is 4.90 Å². The van der Waals surface area contributed by atoms with Gasteiger partial charge >= 0.3 is 0 Å². The highest BCUT2D eigenvalue weighted by Gasteiger charge is 2.21. The van der Waals surface area contributed by atoms with Crippen molar-refractivity contribution in [3.63, 3.8) is 0 Å². The van der Waals surface area contributed by atoms with Crippen molar-refractivity contribution in [2.75, 3.05) is 13.1 Å². The van der Waals surface area contributed by atoms with Gasteiger partial charge in [-0.1, -0.05) is 19.1 Å². The second kappa shape index (κ2) is 6.76. The molecule has 1 amide bonds. The highest BCUT2D eigenvalue weighted by molar-refractivity contribution is 5.94. The van der Waals surface area contributed by atoms with Crippen molar-refractivity contribution in [3.05, 3.63) is 35.4 Å². The number of hydrogen-bond donors (Lipinski definition) is 1. The number of nitrogens with zero attached hydrogens (tertiary/aromatic N) is 1. The molecular formula is C14H21ClN2O. The molecular weight excluding hydrogens is 248 g/mol. The number of piperidine rings is 1. The van der Waals surface area contributed by atoms with Gasteiger partial charge in [0.1, 0.15) is 0 Å². The predicted octanol–water partition coefficient (Wildman–Crippen LogP) is 2.23. The maximum atomic E-state index is 12.2. The van der Waals surface area contributed by atoms with Crippen LogP contribution in [0.5, 0.6) is 0 Å². The fourth-order valence-corrected chi connectivity index (χ4v) is 2.26. The average molecular weight is 269 g/mol. The van der Waals surface area contributed by atoms with Crippen molar-refractivity contribution >= 4 is 18.3 Å². The van der Waals surface area contributed by atoms with Crippen LogP contribution in [0, 0.1) is 0 Å². The monoisotopic (exact) mass is 268 g/mol. The van der Waals surface area contributed by atoms with Crippen LogP contribution >= 0.6 is 12.4 Å². The molecule has 2 N–H and O–H groups in total. The summed E-state index contributed by atoms with van der Waals surface area (Å²) < 4.78 is 0. The Morgan fingerprint density at radius 1 is 1.39 bits per heavy atom. The zero-order chi connectivity index (χ0) is 12.3. The Morgan fingerprint density at radius 3 is 2.61 bits per heavy atom. The molecule has 1 aromatic carbocycles. The lowest BCUT2D eigenvalue weighted by atomic mass is 10.0. The van der Waals surface area contributed by atoms with E-state index in [1.165, 1.54) is 5.56 Å². The smallest absolute Gasteiger partial charge is 0.253 e. The summed E-state index contributed by atoms with van der Waals surface area (Å²) in [6.45, 7) is 3.64. The van der Waals surface area contributed by atoms with Gasteiger partial charge in [0.05, 0.1) is 0 Å². The lowest BCUT2D eigenvalue weighted by Crippen LogP contribution is -2.45. The number of carbonyl (C=O) groups excluding carboxylic acids is 1. The van der Waals surface area contributed by atoms with E-state index >= 15 is 0 Å². The quantitative estimate of drug-likeness (QED) is 0.894. The van der Waals surface area contributed by atoms with Crippen molar-refractivity contribution in [1.29, 1.82) is 0 Å². The van der Waals surface area contributed by atoms with Gasteiger partial charge in [0.15, 0.2) is 0 Å². The van der Waals surface area contributed by atoms with E-state index in [1.54, 1.807) is 0 Å². The third-order valence-electron chi connectivity index (χ3n) is 3.35. The van der Waals surface area contributed by atoms with Crippen LogP contribution in [0.3, 0.4) is 0 Å². The first-order valence-corrected chi connectivity index (χ1v) is 6.34. The number of likely N-dealkylation sites (tertiary alicyclic amines) is 1. The summed E-state index contributed by atoms with van der Waals surface area (Å²) in [7, 11) is 0. The number of halogens is 1. The molecule has 1 saturated heterocycles. The lowest BCUT2D eigenvalue weighted by molar-refractivity contribution is 0.0709. The third kappa shape index (κ3) is 3.47. The minimum absolute atomic E-state index is 0. The first-order chi connectivity index (χ1) is 8.20. The van der Waals surface area contributed by atoms with E-state index in [0.29, 0.717) is 6.54 Å². The largest absolute Gasteiger partial charge is 0.337 e. The highest BCUT2D eigenvalue weighted by atomic mass is 35.5. The normalized spacial score (nSPS) is 19.2. The van der Waals surface area contributed by atoms with Crippen LogP contribution < -0.4 is 5.73 Å². The molecule has 0 spiro atoms. The van der Waals surface area contributed by atoms with Crippen LogP contribution in [0.15, 0.2) is 24.3 Å². The molecule has 1 aliphatic heterocycles. The highest BCUT2D eigenvalue weighted by Crippen LogP contribution is 2.13. The zero-order valence-electron chi connectivity index (χ0n) is 10.8. The fraction of sp³-hybridized carbons (Fsp3) is 0.500. The minimum Gasteiger partial charge on any atom is -0.337 e. The topological polar surface area (TPSA) is 46.3 Å². The van der Waals surface area contributed by atoms with Crippen molar-refractivity contribution < 1.29 is 4.79 Å². The van der Waals surface area contributed by atoms with Crippen LogP contribution in [0.2, 0.25) is 0 Å². The Kier molecular flexibility index (Phi) is 5.63. The lowest BCUT2D eigenvalue weighted by Gasteiger charge is -2.30. The number of rotatable bonds is 2. The van der Waals surface area contributed by atoms with Crippen LogP contribution in [0.4, 0.5) is 0 Å². The molecule has 18 heavy (non-hydrogen) atoms. The molecule has 0 aliphatic carbocycles. The molecule has 4 heteroatoms. The van der Waals surface area contributed by atoms with Crippen LogP contribution in [0.25, 0.3) is 0 Å². The van der Waals surface area contributed by atoms with E-state index in [0.717, 1.165) is 31.4 Å². The van der Waals surface area contributed by atoms with Crippen LogP contribution in [0.1, 0.15) is 35.7 Å². The van der Waals surface area contributed by atoms with Crippen LogP contribution in [-0.2, 0) is 6.42 Å². The second-order valence-electron chi connectivity index (χ2n) is 4.70. The molecule has 1 atom stereocenters. The number of hydrogen-bond acceptors (Lipinski definition) is 2. The van der Waals surface area contributed by atoms with Crippen LogP contribution in [-0.4, -0.2) is 29.9 Å². The van der Waals surface area contributed by atoms with E-state index < -0.39 is 0 Å². The molecule has 1 aliphatic rings. The van der Waals surface area contributed by atoms with E-state index in [2.05, 4.69) is 6.92 Å². The van der Waals surface area contributed by atoms with E-state index in [4.69, 9.17) is 5.73 Å². The maximum absolute atomic E-state index is 12.2. The molecule has 0 unspecified atom stereocenters. The van der Waals surface area contributed by atoms with E-state index in [9.17, 15) is 4.79 Å². The number of carbonyl (C=O) groups is 1. The molecule has 0 saturated carbocycles. The molecule has 0 radical (unpaired) electrons. The number of amides is 1. The third-order valence-corrected chi connectivity index (χ3v) is 3.35. The summed E-state index contributed by atoms with van der Waals surface area (Å²) in [5.74, 6) is 0.114.